The van der Waals surface area contributed by atoms with E-state index in [1.165, 1.54) is 5.56 Å². The first-order valence-electron chi connectivity index (χ1n) is 8.98. The van der Waals surface area contributed by atoms with E-state index < -0.39 is 0 Å². The smallest absolute Gasteiger partial charge is 0.138 e. The summed E-state index contributed by atoms with van der Waals surface area (Å²) in [6, 6.07) is 18.3. The van der Waals surface area contributed by atoms with Gasteiger partial charge in [-0.05, 0) is 30.7 Å². The van der Waals surface area contributed by atoms with Gasteiger partial charge in [-0.25, -0.2) is 9.97 Å². The first-order valence-corrected chi connectivity index (χ1v) is 9.80. The summed E-state index contributed by atoms with van der Waals surface area (Å²) in [6.07, 6.45) is 1.60. The van der Waals surface area contributed by atoms with Gasteiger partial charge in [-0.1, -0.05) is 36.4 Å². The number of nitrogens with one attached hydrogen (secondary N) is 1. The standard InChI is InChI=1S/C22H21N3O2S/c1-14(15-8-5-4-6-9-15)25-21-16-12-19(28-22(16)24-13-23-21)20-17(26-2)10-7-11-18(20)27-3/h4-14H,1-3H3,(H,23,24,25)/t14-/m1/s1. The minimum Gasteiger partial charge on any atom is -0.496 e. The van der Waals surface area contributed by atoms with Crippen LogP contribution in [0.1, 0.15) is 18.5 Å². The van der Waals surface area contributed by atoms with Crippen molar-refractivity contribution in [3.63, 3.8) is 0 Å². The Balaban J connectivity index is 1.76. The van der Waals surface area contributed by atoms with E-state index in [4.69, 9.17) is 9.47 Å². The van der Waals surface area contributed by atoms with Gasteiger partial charge in [-0.3, -0.25) is 0 Å². The summed E-state index contributed by atoms with van der Waals surface area (Å²) < 4.78 is 11.1. The van der Waals surface area contributed by atoms with Crippen LogP contribution >= 0.6 is 11.3 Å². The molecule has 2 heterocycles. The molecule has 0 spiro atoms. The van der Waals surface area contributed by atoms with E-state index in [-0.39, 0.29) is 6.04 Å². The Labute approximate surface area is 168 Å². The van der Waals surface area contributed by atoms with Gasteiger partial charge in [0.15, 0.2) is 0 Å². The Morgan fingerprint density at radius 2 is 1.64 bits per heavy atom. The van der Waals surface area contributed by atoms with Crippen molar-refractivity contribution in [2.75, 3.05) is 19.5 Å². The highest BCUT2D eigenvalue weighted by Gasteiger charge is 2.18. The summed E-state index contributed by atoms with van der Waals surface area (Å²) in [5.74, 6) is 2.36. The molecule has 0 aliphatic rings. The van der Waals surface area contributed by atoms with Gasteiger partial charge >= 0.3 is 0 Å². The summed E-state index contributed by atoms with van der Waals surface area (Å²) in [4.78, 5) is 10.9. The third-order valence-corrected chi connectivity index (χ3v) is 5.72. The predicted octanol–water partition coefficient (Wildman–Crippen LogP) is 5.55. The van der Waals surface area contributed by atoms with Crippen LogP contribution in [0.25, 0.3) is 20.7 Å². The van der Waals surface area contributed by atoms with E-state index in [2.05, 4.69) is 40.4 Å². The lowest BCUT2D eigenvalue weighted by molar-refractivity contribution is 0.397. The molecule has 28 heavy (non-hydrogen) atoms. The molecule has 0 saturated heterocycles. The van der Waals surface area contributed by atoms with Gasteiger partial charge in [0.2, 0.25) is 0 Å². The minimum atomic E-state index is 0.128. The number of nitrogens with zero attached hydrogens (tertiary/aromatic N) is 2. The highest BCUT2D eigenvalue weighted by Crippen LogP contribution is 2.44. The average molecular weight is 391 g/mol. The minimum absolute atomic E-state index is 0.128. The predicted molar refractivity (Wildman–Crippen MR) is 114 cm³/mol. The van der Waals surface area contributed by atoms with Crippen LogP contribution in [0.5, 0.6) is 11.5 Å². The molecule has 142 valence electrons. The van der Waals surface area contributed by atoms with Crippen LogP contribution in [0.4, 0.5) is 5.82 Å². The molecule has 0 saturated carbocycles. The molecule has 2 aromatic carbocycles. The van der Waals surface area contributed by atoms with Crippen molar-refractivity contribution < 1.29 is 9.47 Å². The second kappa shape index (κ2) is 7.86. The van der Waals surface area contributed by atoms with Crippen molar-refractivity contribution in [3.8, 4) is 21.9 Å². The highest BCUT2D eigenvalue weighted by molar-refractivity contribution is 7.22. The molecule has 0 unspecified atom stereocenters. The zero-order valence-corrected chi connectivity index (χ0v) is 16.8. The van der Waals surface area contributed by atoms with Gasteiger partial charge in [0.05, 0.1) is 25.2 Å². The quantitative estimate of drug-likeness (QED) is 0.467. The number of rotatable bonds is 6. The molecular formula is C22H21N3O2S. The summed E-state index contributed by atoms with van der Waals surface area (Å²) >= 11 is 1.60. The number of methoxy groups -OCH3 is 2. The third kappa shape index (κ3) is 3.39. The molecule has 1 atom stereocenters. The van der Waals surface area contributed by atoms with Crippen LogP contribution in [0, 0.1) is 0 Å². The lowest BCUT2D eigenvalue weighted by Crippen LogP contribution is -2.08. The molecule has 0 amide bonds. The van der Waals surface area contributed by atoms with Gasteiger partial charge in [0, 0.05) is 10.9 Å². The van der Waals surface area contributed by atoms with Crippen molar-refractivity contribution in [1.29, 1.82) is 0 Å². The topological polar surface area (TPSA) is 56.3 Å². The van der Waals surface area contributed by atoms with Crippen LogP contribution in [0.15, 0.2) is 60.9 Å². The van der Waals surface area contributed by atoms with Crippen LogP contribution in [0.2, 0.25) is 0 Å². The fraction of sp³-hybridized carbons (Fsp3) is 0.182. The van der Waals surface area contributed by atoms with Crippen LogP contribution in [-0.2, 0) is 0 Å². The maximum absolute atomic E-state index is 5.57. The molecule has 6 heteroatoms. The Kier molecular flexibility index (Phi) is 5.12. The average Bonchev–Trinajstić information content (AvgIpc) is 3.18. The lowest BCUT2D eigenvalue weighted by atomic mass is 10.1. The van der Waals surface area contributed by atoms with E-state index >= 15 is 0 Å². The maximum Gasteiger partial charge on any atom is 0.138 e. The Bertz CT molecular complexity index is 1070. The number of fused-ring (bicyclic) bond motifs is 1. The molecule has 0 bridgehead atoms. The van der Waals surface area contributed by atoms with Crippen molar-refractivity contribution in [2.45, 2.75) is 13.0 Å². The van der Waals surface area contributed by atoms with E-state index in [0.717, 1.165) is 38.0 Å². The largest absolute Gasteiger partial charge is 0.496 e. The van der Waals surface area contributed by atoms with Gasteiger partial charge in [-0.15, -0.1) is 11.3 Å². The molecule has 1 N–H and O–H groups in total. The Morgan fingerprint density at radius 1 is 0.929 bits per heavy atom. The van der Waals surface area contributed by atoms with Gasteiger partial charge < -0.3 is 14.8 Å². The van der Waals surface area contributed by atoms with Crippen LogP contribution < -0.4 is 14.8 Å². The molecule has 0 aliphatic carbocycles. The van der Waals surface area contributed by atoms with E-state index in [1.54, 1.807) is 31.9 Å². The fourth-order valence-electron chi connectivity index (χ4n) is 3.22. The summed E-state index contributed by atoms with van der Waals surface area (Å²) in [5, 5.41) is 4.50. The molecule has 5 nitrogen and oxygen atoms in total. The van der Waals surface area contributed by atoms with Crippen LogP contribution in [0.3, 0.4) is 0 Å². The van der Waals surface area contributed by atoms with Crippen molar-refractivity contribution in [2.24, 2.45) is 0 Å². The molecule has 0 aliphatic heterocycles. The summed E-state index contributed by atoms with van der Waals surface area (Å²) in [5.41, 5.74) is 2.13. The van der Waals surface area contributed by atoms with Gasteiger partial charge in [0.1, 0.15) is 28.5 Å². The number of hydrogen-bond acceptors (Lipinski definition) is 6. The van der Waals surface area contributed by atoms with E-state index in [9.17, 15) is 0 Å². The van der Waals surface area contributed by atoms with Crippen molar-refractivity contribution in [3.05, 3.63) is 66.5 Å². The van der Waals surface area contributed by atoms with Gasteiger partial charge in [-0.2, -0.15) is 0 Å². The van der Waals surface area contributed by atoms with Gasteiger partial charge in [0.25, 0.3) is 0 Å². The SMILES string of the molecule is COc1cccc(OC)c1-c1cc2c(N[C@H](C)c3ccccc3)ncnc2s1. The van der Waals surface area contributed by atoms with Crippen molar-refractivity contribution >= 4 is 27.4 Å². The molecule has 4 rings (SSSR count). The number of thiophene rings is 1. The number of benzene rings is 2. The number of aromatic nitrogens is 2. The monoisotopic (exact) mass is 391 g/mol. The maximum atomic E-state index is 5.57. The molecule has 4 aromatic rings. The number of ether oxygens (including phenoxy) is 2. The zero-order chi connectivity index (χ0) is 19.5. The van der Waals surface area contributed by atoms with E-state index in [0.29, 0.717) is 0 Å². The Hall–Kier alpha value is -3.12. The molecule has 0 fully saturated rings. The second-order valence-electron chi connectivity index (χ2n) is 6.37. The fourth-order valence-corrected chi connectivity index (χ4v) is 4.27. The lowest BCUT2D eigenvalue weighted by Gasteiger charge is -2.15. The van der Waals surface area contributed by atoms with Crippen LogP contribution in [-0.4, -0.2) is 24.2 Å². The second-order valence-corrected chi connectivity index (χ2v) is 7.40. The number of anilines is 1. The normalized spacial score (nSPS) is 12.0. The summed E-state index contributed by atoms with van der Waals surface area (Å²) in [6.45, 7) is 2.12. The Morgan fingerprint density at radius 3 is 2.32 bits per heavy atom. The van der Waals surface area contributed by atoms with E-state index in [1.807, 2.05) is 36.4 Å². The molecule has 2 aromatic heterocycles. The number of hydrogen-bond donors (Lipinski definition) is 1. The third-order valence-electron chi connectivity index (χ3n) is 4.66. The first kappa shape index (κ1) is 18.3. The summed E-state index contributed by atoms with van der Waals surface area (Å²) in [7, 11) is 3.33. The molecular weight excluding hydrogens is 370 g/mol. The highest BCUT2D eigenvalue weighted by atomic mass is 32.1. The molecule has 0 radical (unpaired) electrons. The van der Waals surface area contributed by atoms with Crippen molar-refractivity contribution in [1.82, 2.24) is 9.97 Å². The first-order chi connectivity index (χ1) is 13.7. The zero-order valence-electron chi connectivity index (χ0n) is 16.0.